The van der Waals surface area contributed by atoms with Crippen LogP contribution in [0.1, 0.15) is 22.3 Å². The lowest BCUT2D eigenvalue weighted by molar-refractivity contribution is -0.120. The van der Waals surface area contributed by atoms with Gasteiger partial charge < -0.3 is 16.4 Å². The van der Waals surface area contributed by atoms with Crippen molar-refractivity contribution in [3.63, 3.8) is 0 Å². The molecule has 0 aromatic heterocycles. The van der Waals surface area contributed by atoms with Crippen LogP contribution in [0.3, 0.4) is 0 Å². The zero-order valence-electron chi connectivity index (χ0n) is 10.0. The molecule has 0 bridgehead atoms. The van der Waals surface area contributed by atoms with Crippen molar-refractivity contribution in [2.45, 2.75) is 6.42 Å². The summed E-state index contributed by atoms with van der Waals surface area (Å²) in [6.07, 6.45) is 0.257. The van der Waals surface area contributed by atoms with E-state index in [1.165, 1.54) is 0 Å². The van der Waals surface area contributed by atoms with Gasteiger partial charge in [0.15, 0.2) is 0 Å². The number of hydrogen-bond acceptors (Lipinski definition) is 3. The second-order valence-corrected chi connectivity index (χ2v) is 4.06. The molecule has 0 radical (unpaired) electrons. The Morgan fingerprint density at radius 3 is 2.28 bits per heavy atom. The van der Waals surface area contributed by atoms with Crippen LogP contribution in [0.4, 0.5) is 0 Å². The molecule has 18 heavy (non-hydrogen) atoms. The largest absolute Gasteiger partial charge is 0.389 e. The summed E-state index contributed by atoms with van der Waals surface area (Å²) >= 11 is 4.82. The van der Waals surface area contributed by atoms with Crippen LogP contribution in [0.5, 0.6) is 0 Å². The summed E-state index contributed by atoms with van der Waals surface area (Å²) in [5.41, 5.74) is 6.68. The van der Waals surface area contributed by atoms with Gasteiger partial charge in [0.1, 0.15) is 4.99 Å². The van der Waals surface area contributed by atoms with E-state index in [-0.39, 0.29) is 18.2 Å². The first-order valence-corrected chi connectivity index (χ1v) is 5.84. The van der Waals surface area contributed by atoms with E-state index in [4.69, 9.17) is 18.0 Å². The normalized spacial score (nSPS) is 9.61. The Bertz CT molecular complexity index is 457. The minimum Gasteiger partial charge on any atom is -0.389 e. The molecule has 0 aliphatic carbocycles. The average Bonchev–Trinajstić information content (AvgIpc) is 2.38. The fraction of sp³-hybridized carbons (Fsp3) is 0.250. The maximum Gasteiger partial charge on any atom is 0.251 e. The zero-order chi connectivity index (χ0) is 13.5. The topological polar surface area (TPSA) is 84.2 Å². The lowest BCUT2D eigenvalue weighted by atomic mass is 10.1. The number of amides is 2. The van der Waals surface area contributed by atoms with Crippen LogP contribution >= 0.6 is 12.2 Å². The number of carbonyl (C=O) groups is 2. The van der Waals surface area contributed by atoms with Crippen molar-refractivity contribution >= 4 is 29.0 Å². The van der Waals surface area contributed by atoms with E-state index in [2.05, 4.69) is 10.6 Å². The van der Waals surface area contributed by atoms with Gasteiger partial charge in [-0.25, -0.2) is 0 Å². The minimum atomic E-state index is -0.228. The van der Waals surface area contributed by atoms with E-state index < -0.39 is 0 Å². The number of carbonyl (C=O) groups excluding carboxylic acids is 2. The third-order valence-corrected chi connectivity index (χ3v) is 2.58. The van der Waals surface area contributed by atoms with E-state index in [9.17, 15) is 9.59 Å². The van der Waals surface area contributed by atoms with Crippen LogP contribution in [0.2, 0.25) is 0 Å². The van der Waals surface area contributed by atoms with Gasteiger partial charge in [-0.15, -0.1) is 0 Å². The third kappa shape index (κ3) is 4.14. The first-order valence-electron chi connectivity index (χ1n) is 5.43. The van der Waals surface area contributed by atoms with Crippen molar-refractivity contribution in [1.82, 2.24) is 10.6 Å². The van der Waals surface area contributed by atoms with Gasteiger partial charge in [0, 0.05) is 31.1 Å². The molecule has 0 aliphatic rings. The molecule has 6 heteroatoms. The molecule has 0 aliphatic heterocycles. The molecule has 0 saturated carbocycles. The predicted molar refractivity (Wildman–Crippen MR) is 73.3 cm³/mol. The SMILES string of the molecule is CNC(=O)CCNC(=O)c1ccc(C(N)=S)cc1. The molecular formula is C12H15N3O2S. The van der Waals surface area contributed by atoms with Gasteiger partial charge in [0.25, 0.3) is 5.91 Å². The standard InChI is InChI=1S/C12H15N3O2S/c1-14-10(16)6-7-15-12(17)9-4-2-8(3-5-9)11(13)18/h2-5H,6-7H2,1H3,(H2,13,18)(H,14,16)(H,15,17). The molecule has 0 spiro atoms. The minimum absolute atomic E-state index is 0.112. The highest BCUT2D eigenvalue weighted by atomic mass is 32.1. The number of thiocarbonyl (C=S) groups is 1. The van der Waals surface area contributed by atoms with Crippen molar-refractivity contribution in [3.8, 4) is 0 Å². The Balaban J connectivity index is 2.51. The lowest BCUT2D eigenvalue weighted by Gasteiger charge is -2.05. The first-order chi connectivity index (χ1) is 8.54. The fourth-order valence-electron chi connectivity index (χ4n) is 1.30. The summed E-state index contributed by atoms with van der Waals surface area (Å²) in [7, 11) is 1.55. The summed E-state index contributed by atoms with van der Waals surface area (Å²) in [5.74, 6) is -0.340. The van der Waals surface area contributed by atoms with E-state index in [0.717, 1.165) is 0 Å². The van der Waals surface area contributed by atoms with E-state index in [1.807, 2.05) is 0 Å². The van der Waals surface area contributed by atoms with Crippen molar-refractivity contribution < 1.29 is 9.59 Å². The van der Waals surface area contributed by atoms with E-state index >= 15 is 0 Å². The number of benzene rings is 1. The smallest absolute Gasteiger partial charge is 0.251 e. The first kappa shape index (κ1) is 14.1. The van der Waals surface area contributed by atoms with Gasteiger partial charge in [-0.3, -0.25) is 9.59 Å². The molecule has 0 saturated heterocycles. The van der Waals surface area contributed by atoms with Crippen LogP contribution < -0.4 is 16.4 Å². The van der Waals surface area contributed by atoms with E-state index in [1.54, 1.807) is 31.3 Å². The summed E-state index contributed by atoms with van der Waals surface area (Å²) in [6.45, 7) is 0.301. The Morgan fingerprint density at radius 1 is 1.22 bits per heavy atom. The van der Waals surface area contributed by atoms with Crippen LogP contribution in [-0.4, -0.2) is 30.4 Å². The maximum atomic E-state index is 11.7. The highest BCUT2D eigenvalue weighted by Gasteiger charge is 2.06. The summed E-state index contributed by atoms with van der Waals surface area (Å²) in [5, 5.41) is 5.13. The number of rotatable bonds is 5. The third-order valence-electron chi connectivity index (χ3n) is 2.35. The zero-order valence-corrected chi connectivity index (χ0v) is 10.8. The van der Waals surface area contributed by atoms with E-state index in [0.29, 0.717) is 22.7 Å². The Labute approximate surface area is 111 Å². The molecule has 96 valence electrons. The maximum absolute atomic E-state index is 11.7. The van der Waals surface area contributed by atoms with Crippen molar-refractivity contribution in [2.75, 3.05) is 13.6 Å². The summed E-state index contributed by atoms with van der Waals surface area (Å²) < 4.78 is 0. The molecule has 1 aromatic carbocycles. The molecule has 1 aromatic rings. The monoisotopic (exact) mass is 265 g/mol. The Hall–Kier alpha value is -1.95. The predicted octanol–water partition coefficient (Wildman–Crippen LogP) is 0.187. The second-order valence-electron chi connectivity index (χ2n) is 3.62. The fourth-order valence-corrected chi connectivity index (χ4v) is 1.44. The van der Waals surface area contributed by atoms with Crippen molar-refractivity contribution in [2.24, 2.45) is 5.73 Å². The lowest BCUT2D eigenvalue weighted by Crippen LogP contribution is -2.29. The van der Waals surface area contributed by atoms with Crippen LogP contribution in [0.15, 0.2) is 24.3 Å². The van der Waals surface area contributed by atoms with Crippen molar-refractivity contribution in [1.29, 1.82) is 0 Å². The second kappa shape index (κ2) is 6.70. The van der Waals surface area contributed by atoms with Crippen LogP contribution in [-0.2, 0) is 4.79 Å². The molecule has 5 nitrogen and oxygen atoms in total. The molecule has 0 unspecified atom stereocenters. The highest BCUT2D eigenvalue weighted by Crippen LogP contribution is 2.04. The molecule has 2 amide bonds. The molecule has 0 fully saturated rings. The van der Waals surface area contributed by atoms with Crippen molar-refractivity contribution in [3.05, 3.63) is 35.4 Å². The summed E-state index contributed by atoms with van der Waals surface area (Å²) in [4.78, 5) is 22.9. The number of nitrogens with one attached hydrogen (secondary N) is 2. The van der Waals surface area contributed by atoms with Gasteiger partial charge in [0.05, 0.1) is 0 Å². The summed E-state index contributed by atoms with van der Waals surface area (Å²) in [6, 6.07) is 6.67. The molecular weight excluding hydrogens is 250 g/mol. The van der Waals surface area contributed by atoms with Gasteiger partial charge in [-0.2, -0.15) is 0 Å². The van der Waals surface area contributed by atoms with Gasteiger partial charge in [-0.1, -0.05) is 24.4 Å². The number of hydrogen-bond donors (Lipinski definition) is 3. The van der Waals surface area contributed by atoms with Crippen LogP contribution in [0.25, 0.3) is 0 Å². The molecule has 1 rings (SSSR count). The molecule has 0 atom stereocenters. The quantitative estimate of drug-likeness (QED) is 0.663. The number of nitrogens with two attached hydrogens (primary N) is 1. The van der Waals surface area contributed by atoms with Gasteiger partial charge in [-0.05, 0) is 12.1 Å². The van der Waals surface area contributed by atoms with Gasteiger partial charge >= 0.3 is 0 Å². The highest BCUT2D eigenvalue weighted by molar-refractivity contribution is 7.80. The Morgan fingerprint density at radius 2 is 1.78 bits per heavy atom. The molecule has 0 heterocycles. The van der Waals surface area contributed by atoms with Gasteiger partial charge in [0.2, 0.25) is 5.91 Å². The Kier molecular flexibility index (Phi) is 5.26. The van der Waals surface area contributed by atoms with Crippen LogP contribution in [0, 0.1) is 0 Å². The molecule has 4 N–H and O–H groups in total. The average molecular weight is 265 g/mol.